The summed E-state index contributed by atoms with van der Waals surface area (Å²) in [6.45, 7) is 5.42. The summed E-state index contributed by atoms with van der Waals surface area (Å²) in [5, 5.41) is 3.49. The molecule has 0 amide bonds. The maximum absolute atomic E-state index is 6.46. The van der Waals surface area contributed by atoms with Crippen LogP contribution < -0.4 is 19.5 Å². The highest BCUT2D eigenvalue weighted by atomic mass is 16.5. The van der Waals surface area contributed by atoms with E-state index in [1.807, 2.05) is 42.5 Å². The van der Waals surface area contributed by atoms with Crippen molar-refractivity contribution in [1.29, 1.82) is 0 Å². The standard InChI is InChI=1S/C33H43NO6/c1-35-19-7-22-39-32-12-6-4-10-28(32)25-40-33-23-34-18-17-30(33)26-13-15-29(16-14-26)38-21-8-20-37-24-27-9-3-5-11-31(27)36-2/h3-6,9-16,30,33-34H,7-8,17-25H2,1-2H3. The zero-order chi connectivity index (χ0) is 27.8. The number of methoxy groups -OCH3 is 2. The highest BCUT2D eigenvalue weighted by molar-refractivity contribution is 5.34. The van der Waals surface area contributed by atoms with Crippen LogP contribution in [0.5, 0.6) is 17.2 Å². The van der Waals surface area contributed by atoms with Gasteiger partial charge >= 0.3 is 0 Å². The van der Waals surface area contributed by atoms with Crippen LogP contribution in [-0.2, 0) is 27.4 Å². The van der Waals surface area contributed by atoms with Crippen LogP contribution in [0.1, 0.15) is 41.9 Å². The van der Waals surface area contributed by atoms with Crippen molar-refractivity contribution in [2.45, 2.75) is 44.5 Å². The number of hydrogen-bond acceptors (Lipinski definition) is 7. The van der Waals surface area contributed by atoms with E-state index in [4.69, 9.17) is 28.4 Å². The van der Waals surface area contributed by atoms with Crippen molar-refractivity contribution in [2.75, 3.05) is 53.7 Å². The minimum Gasteiger partial charge on any atom is -0.496 e. The molecule has 1 heterocycles. The lowest BCUT2D eigenvalue weighted by atomic mass is 9.87. The molecule has 1 fully saturated rings. The Morgan fingerprint density at radius 3 is 2.20 bits per heavy atom. The van der Waals surface area contributed by atoms with Gasteiger partial charge in [-0.15, -0.1) is 0 Å². The van der Waals surface area contributed by atoms with Crippen LogP contribution in [0.25, 0.3) is 0 Å². The van der Waals surface area contributed by atoms with E-state index < -0.39 is 0 Å². The first-order chi connectivity index (χ1) is 19.8. The number of hydrogen-bond donors (Lipinski definition) is 1. The molecule has 0 aliphatic carbocycles. The van der Waals surface area contributed by atoms with Crippen molar-refractivity contribution in [3.8, 4) is 17.2 Å². The third-order valence-electron chi connectivity index (χ3n) is 7.06. The van der Waals surface area contributed by atoms with Gasteiger partial charge in [-0.25, -0.2) is 0 Å². The van der Waals surface area contributed by atoms with E-state index in [0.717, 1.165) is 60.7 Å². The van der Waals surface area contributed by atoms with Crippen LogP contribution in [0.4, 0.5) is 0 Å². The normalized spacial score (nSPS) is 16.9. The minimum atomic E-state index is 0.0856. The molecule has 0 bridgehead atoms. The second-order valence-corrected chi connectivity index (χ2v) is 9.89. The first-order valence-electron chi connectivity index (χ1n) is 14.2. The molecule has 1 N–H and O–H groups in total. The fourth-order valence-corrected chi connectivity index (χ4v) is 4.90. The van der Waals surface area contributed by atoms with Crippen molar-refractivity contribution in [2.24, 2.45) is 0 Å². The van der Waals surface area contributed by atoms with Gasteiger partial charge in [0.15, 0.2) is 0 Å². The molecule has 0 spiro atoms. The second kappa shape index (κ2) is 16.9. The highest BCUT2D eigenvalue weighted by Crippen LogP contribution is 2.30. The zero-order valence-electron chi connectivity index (χ0n) is 23.8. The van der Waals surface area contributed by atoms with Crippen LogP contribution >= 0.6 is 0 Å². The van der Waals surface area contributed by atoms with E-state index in [9.17, 15) is 0 Å². The third-order valence-corrected chi connectivity index (χ3v) is 7.06. The Kier molecular flexibility index (Phi) is 12.6. The summed E-state index contributed by atoms with van der Waals surface area (Å²) in [5.74, 6) is 2.94. The maximum atomic E-state index is 6.46. The lowest BCUT2D eigenvalue weighted by molar-refractivity contribution is 0.00957. The van der Waals surface area contributed by atoms with Gasteiger partial charge in [0.05, 0.1) is 46.2 Å². The quantitative estimate of drug-likeness (QED) is 0.215. The Bertz CT molecular complexity index is 1120. The average molecular weight is 550 g/mol. The van der Waals surface area contributed by atoms with Gasteiger partial charge < -0.3 is 33.7 Å². The molecule has 1 aliphatic heterocycles. The van der Waals surface area contributed by atoms with Gasteiger partial charge in [-0.3, -0.25) is 0 Å². The monoisotopic (exact) mass is 549 g/mol. The number of nitrogens with one attached hydrogen (secondary N) is 1. The minimum absolute atomic E-state index is 0.0856. The van der Waals surface area contributed by atoms with Crippen molar-refractivity contribution in [3.05, 3.63) is 89.5 Å². The molecule has 3 aromatic carbocycles. The predicted octanol–water partition coefficient (Wildman–Crippen LogP) is 5.76. The number of benzene rings is 3. The number of rotatable bonds is 17. The first-order valence-corrected chi connectivity index (χ1v) is 14.2. The van der Waals surface area contributed by atoms with E-state index in [2.05, 4.69) is 35.6 Å². The van der Waals surface area contributed by atoms with Crippen LogP contribution in [0.2, 0.25) is 0 Å². The molecule has 7 nitrogen and oxygen atoms in total. The van der Waals surface area contributed by atoms with E-state index in [1.54, 1.807) is 14.2 Å². The van der Waals surface area contributed by atoms with E-state index in [0.29, 0.717) is 45.6 Å². The Labute approximate surface area is 238 Å². The zero-order valence-corrected chi connectivity index (χ0v) is 23.8. The summed E-state index contributed by atoms with van der Waals surface area (Å²) >= 11 is 0. The molecule has 2 atom stereocenters. The second-order valence-electron chi connectivity index (χ2n) is 9.89. The molecule has 40 heavy (non-hydrogen) atoms. The van der Waals surface area contributed by atoms with Crippen LogP contribution in [0.3, 0.4) is 0 Å². The smallest absolute Gasteiger partial charge is 0.124 e. The van der Waals surface area contributed by atoms with E-state index in [1.165, 1.54) is 5.56 Å². The van der Waals surface area contributed by atoms with Gasteiger partial charge in [-0.05, 0) is 42.8 Å². The Morgan fingerprint density at radius 2 is 1.43 bits per heavy atom. The van der Waals surface area contributed by atoms with Crippen LogP contribution in [0.15, 0.2) is 72.8 Å². The van der Waals surface area contributed by atoms with Crippen LogP contribution in [0, 0.1) is 0 Å². The molecule has 0 aromatic heterocycles. The fourth-order valence-electron chi connectivity index (χ4n) is 4.90. The summed E-state index contributed by atoms with van der Waals surface area (Å²) in [4.78, 5) is 0. The number of piperidine rings is 1. The predicted molar refractivity (Wildman–Crippen MR) is 156 cm³/mol. The molecule has 3 aromatic rings. The summed E-state index contributed by atoms with van der Waals surface area (Å²) in [6.07, 6.45) is 2.79. The van der Waals surface area contributed by atoms with Crippen molar-refractivity contribution in [3.63, 3.8) is 0 Å². The maximum Gasteiger partial charge on any atom is 0.124 e. The molecular weight excluding hydrogens is 506 g/mol. The van der Waals surface area contributed by atoms with Gasteiger partial charge in [0.2, 0.25) is 0 Å². The van der Waals surface area contributed by atoms with Gasteiger partial charge in [0.1, 0.15) is 17.2 Å². The lowest BCUT2D eigenvalue weighted by Crippen LogP contribution is -2.41. The highest BCUT2D eigenvalue weighted by Gasteiger charge is 2.27. The largest absolute Gasteiger partial charge is 0.496 e. The average Bonchev–Trinajstić information content (AvgIpc) is 3.01. The molecule has 1 saturated heterocycles. The molecule has 216 valence electrons. The van der Waals surface area contributed by atoms with Gasteiger partial charge in [0.25, 0.3) is 0 Å². The third kappa shape index (κ3) is 9.24. The summed E-state index contributed by atoms with van der Waals surface area (Å²) in [7, 11) is 3.39. The molecule has 7 heteroatoms. The van der Waals surface area contributed by atoms with Gasteiger partial charge in [-0.1, -0.05) is 48.5 Å². The molecule has 4 rings (SSSR count). The Hall–Kier alpha value is -3.10. The van der Waals surface area contributed by atoms with E-state index >= 15 is 0 Å². The Balaban J connectivity index is 1.21. The number of para-hydroxylation sites is 2. The Morgan fingerprint density at radius 1 is 0.725 bits per heavy atom. The van der Waals surface area contributed by atoms with E-state index in [-0.39, 0.29) is 6.10 Å². The first kappa shape index (κ1) is 29.9. The fraction of sp³-hybridized carbons (Fsp3) is 0.455. The van der Waals surface area contributed by atoms with Crippen molar-refractivity contribution in [1.82, 2.24) is 5.32 Å². The molecule has 2 unspecified atom stereocenters. The number of ether oxygens (including phenoxy) is 6. The van der Waals surface area contributed by atoms with Gasteiger partial charge in [0, 0.05) is 50.1 Å². The van der Waals surface area contributed by atoms with Gasteiger partial charge in [-0.2, -0.15) is 0 Å². The van der Waals surface area contributed by atoms with Crippen LogP contribution in [-0.4, -0.2) is 59.8 Å². The van der Waals surface area contributed by atoms with Crippen molar-refractivity contribution < 1.29 is 28.4 Å². The summed E-state index contributed by atoms with van der Waals surface area (Å²) in [5.41, 5.74) is 3.40. The molecule has 0 radical (unpaired) electrons. The summed E-state index contributed by atoms with van der Waals surface area (Å²) in [6, 6.07) is 24.5. The summed E-state index contributed by atoms with van der Waals surface area (Å²) < 4.78 is 34.7. The molecule has 1 aliphatic rings. The molecular formula is C33H43NO6. The topological polar surface area (TPSA) is 67.4 Å². The molecule has 0 saturated carbocycles. The van der Waals surface area contributed by atoms with Crippen molar-refractivity contribution >= 4 is 0 Å². The lowest BCUT2D eigenvalue weighted by Gasteiger charge is -2.32. The SMILES string of the molecule is COCCCOc1ccccc1COC1CNCCC1c1ccc(OCCCOCc2ccccc2OC)cc1.